The molecule has 148 valence electrons. The molecule has 0 N–H and O–H groups in total. The Morgan fingerprint density at radius 3 is 1.25 bits per heavy atom. The number of rotatable bonds is 4. The molecule has 0 aromatic heterocycles. The molecule has 28 heavy (non-hydrogen) atoms. The van der Waals surface area contributed by atoms with E-state index in [-0.39, 0.29) is 12.1 Å². The van der Waals surface area contributed by atoms with Crippen LogP contribution in [-0.2, 0) is 11.3 Å². The maximum Gasteiger partial charge on any atom is 0.355 e. The van der Waals surface area contributed by atoms with Crippen LogP contribution in [-0.4, -0.2) is 21.7 Å². The van der Waals surface area contributed by atoms with Crippen molar-refractivity contribution in [3.8, 4) is 0 Å². The van der Waals surface area contributed by atoms with E-state index in [2.05, 4.69) is 0 Å². The maximum atomic E-state index is 15.4. The zero-order valence-corrected chi connectivity index (χ0v) is 13.4. The van der Waals surface area contributed by atoms with Crippen molar-refractivity contribution in [3.05, 3.63) is 79.9 Å². The minimum absolute atomic E-state index is 0.217. The smallest absolute Gasteiger partial charge is 0.258 e. The molecule has 1 aliphatic rings. The predicted molar refractivity (Wildman–Crippen MR) is 81.7 cm³/mol. The first-order valence-corrected chi connectivity index (χ1v) is 7.45. The van der Waals surface area contributed by atoms with Crippen LogP contribution in [0.15, 0.2) is 48.5 Å². The number of nitrogens with zero attached hydrogens (tertiary/aromatic N) is 2. The summed E-state index contributed by atoms with van der Waals surface area (Å²) in [4.78, 5) is 19.4. The molecule has 3 rings (SSSR count). The van der Waals surface area contributed by atoms with Gasteiger partial charge in [-0.05, 0) is 0 Å². The highest BCUT2D eigenvalue weighted by Gasteiger charge is 2.98. The van der Waals surface area contributed by atoms with Crippen LogP contribution in [0.5, 0.6) is 0 Å². The molecule has 2 aromatic carbocycles. The lowest BCUT2D eigenvalue weighted by atomic mass is 9.55. The van der Waals surface area contributed by atoms with Gasteiger partial charge < -0.3 is 0 Å². The number of benzene rings is 2. The fourth-order valence-corrected chi connectivity index (χ4v) is 3.23. The third kappa shape index (κ3) is 2.05. The van der Waals surface area contributed by atoms with Gasteiger partial charge in [0.05, 0.1) is 9.85 Å². The van der Waals surface area contributed by atoms with Crippen molar-refractivity contribution >= 4 is 11.4 Å². The molecule has 0 amide bonds. The lowest BCUT2D eigenvalue weighted by Crippen LogP contribution is -2.82. The van der Waals surface area contributed by atoms with E-state index >= 15 is 8.78 Å². The molecular formula is C16H8F6N2O4. The molecule has 0 aliphatic heterocycles. The van der Waals surface area contributed by atoms with Gasteiger partial charge >= 0.3 is 11.8 Å². The van der Waals surface area contributed by atoms with Crippen LogP contribution < -0.4 is 0 Å². The second-order valence-electron chi connectivity index (χ2n) is 6.08. The largest absolute Gasteiger partial charge is 0.355 e. The summed E-state index contributed by atoms with van der Waals surface area (Å²) in [5.41, 5.74) is -14.1. The Morgan fingerprint density at radius 1 is 0.643 bits per heavy atom. The molecule has 0 radical (unpaired) electrons. The average Bonchev–Trinajstić information content (AvgIpc) is 2.66. The molecule has 2 aromatic rings. The highest BCUT2D eigenvalue weighted by molar-refractivity contribution is 5.52. The monoisotopic (exact) mass is 406 g/mol. The average molecular weight is 406 g/mol. The van der Waals surface area contributed by atoms with Gasteiger partial charge in [-0.2, -0.15) is 17.6 Å². The Hall–Kier alpha value is -3.18. The van der Waals surface area contributed by atoms with Crippen LogP contribution in [0.3, 0.4) is 0 Å². The molecular weight excluding hydrogens is 398 g/mol. The van der Waals surface area contributed by atoms with Gasteiger partial charge in [0, 0.05) is 35.4 Å². The predicted octanol–water partition coefficient (Wildman–Crippen LogP) is 4.82. The summed E-state index contributed by atoms with van der Waals surface area (Å²) < 4.78 is 87.5. The standard InChI is InChI=1S/C16H8F6N2O4/c17-13(9-3-1-5-11(7-9)23(25)26)14(18,16(21,22)15(13,19)20)10-4-2-6-12(8-10)24(27)28/h1-8H/t13-,14+. The van der Waals surface area contributed by atoms with Crippen molar-refractivity contribution in [2.24, 2.45) is 0 Å². The zero-order chi connectivity index (χ0) is 21.1. The SMILES string of the molecule is O=[N+]([O-])c1cccc([C@@]2(F)C(F)(F)C(F)(F)[C@@]2(F)c2cccc([N+](=O)[O-])c2)c1. The van der Waals surface area contributed by atoms with Gasteiger partial charge in [0.15, 0.2) is 0 Å². The number of non-ortho nitro benzene ring substituents is 2. The van der Waals surface area contributed by atoms with Crippen LogP contribution in [0.1, 0.15) is 11.1 Å². The van der Waals surface area contributed by atoms with E-state index in [9.17, 15) is 37.8 Å². The summed E-state index contributed by atoms with van der Waals surface area (Å²) in [6, 6.07) is 4.45. The number of nitro benzene ring substituents is 2. The van der Waals surface area contributed by atoms with Crippen LogP contribution in [0.25, 0.3) is 0 Å². The van der Waals surface area contributed by atoms with Crippen LogP contribution in [0.4, 0.5) is 37.7 Å². The fourth-order valence-electron chi connectivity index (χ4n) is 3.23. The molecule has 0 bridgehead atoms. The summed E-state index contributed by atoms with van der Waals surface area (Å²) >= 11 is 0. The van der Waals surface area contributed by atoms with E-state index in [1.54, 1.807) is 0 Å². The van der Waals surface area contributed by atoms with E-state index in [1.165, 1.54) is 0 Å². The number of hydrogen-bond acceptors (Lipinski definition) is 4. The maximum absolute atomic E-state index is 15.4. The molecule has 0 saturated heterocycles. The van der Waals surface area contributed by atoms with Gasteiger partial charge in [-0.1, -0.05) is 24.3 Å². The normalized spacial score (nSPS) is 27.6. The first-order valence-electron chi connectivity index (χ1n) is 7.45. The molecule has 6 nitrogen and oxygen atoms in total. The number of hydrogen-bond donors (Lipinski definition) is 0. The van der Waals surface area contributed by atoms with Crippen LogP contribution in [0, 0.1) is 20.2 Å². The first-order chi connectivity index (χ1) is 12.8. The lowest BCUT2D eigenvalue weighted by Gasteiger charge is -2.58. The van der Waals surface area contributed by atoms with Crippen molar-refractivity contribution in [3.63, 3.8) is 0 Å². The lowest BCUT2D eigenvalue weighted by molar-refractivity contribution is -0.451. The second kappa shape index (κ2) is 5.66. The summed E-state index contributed by atoms with van der Waals surface area (Å²) in [5.74, 6) is -11.2. The Labute approximate surface area is 151 Å². The van der Waals surface area contributed by atoms with Crippen molar-refractivity contribution in [1.29, 1.82) is 0 Å². The molecule has 1 aliphatic carbocycles. The number of halogens is 6. The van der Waals surface area contributed by atoms with Gasteiger partial charge in [-0.15, -0.1) is 0 Å². The Bertz CT molecular complexity index is 921. The Balaban J connectivity index is 2.29. The van der Waals surface area contributed by atoms with Gasteiger partial charge in [0.2, 0.25) is 11.3 Å². The van der Waals surface area contributed by atoms with Gasteiger partial charge in [-0.3, -0.25) is 20.2 Å². The minimum Gasteiger partial charge on any atom is -0.258 e. The molecule has 0 unspecified atom stereocenters. The summed E-state index contributed by atoms with van der Waals surface area (Å²) in [5, 5.41) is 21.6. The first kappa shape index (κ1) is 19.6. The molecule has 12 heteroatoms. The number of alkyl halides is 6. The molecule has 0 spiro atoms. The topological polar surface area (TPSA) is 86.3 Å². The van der Waals surface area contributed by atoms with E-state index in [0.29, 0.717) is 12.1 Å². The summed E-state index contributed by atoms with van der Waals surface area (Å²) in [7, 11) is 0. The Morgan fingerprint density at radius 2 is 0.964 bits per heavy atom. The van der Waals surface area contributed by atoms with Gasteiger partial charge in [-0.25, -0.2) is 8.78 Å². The van der Waals surface area contributed by atoms with E-state index in [4.69, 9.17) is 0 Å². The van der Waals surface area contributed by atoms with Crippen molar-refractivity contribution < 1.29 is 36.2 Å². The second-order valence-corrected chi connectivity index (χ2v) is 6.08. The quantitative estimate of drug-likeness (QED) is 0.414. The van der Waals surface area contributed by atoms with Crippen LogP contribution >= 0.6 is 0 Å². The minimum atomic E-state index is -5.59. The van der Waals surface area contributed by atoms with Crippen molar-refractivity contribution in [2.75, 3.05) is 0 Å². The molecule has 1 fully saturated rings. The third-order valence-corrected chi connectivity index (χ3v) is 4.64. The van der Waals surface area contributed by atoms with Crippen molar-refractivity contribution in [2.45, 2.75) is 23.2 Å². The summed E-state index contributed by atoms with van der Waals surface area (Å²) in [6.07, 6.45) is 0. The van der Waals surface area contributed by atoms with Crippen molar-refractivity contribution in [1.82, 2.24) is 0 Å². The van der Waals surface area contributed by atoms with E-state index < -0.39 is 55.5 Å². The fraction of sp³-hybridized carbons (Fsp3) is 0.250. The highest BCUT2D eigenvalue weighted by atomic mass is 19.3. The van der Waals surface area contributed by atoms with Gasteiger partial charge in [0.1, 0.15) is 0 Å². The van der Waals surface area contributed by atoms with Gasteiger partial charge in [0.25, 0.3) is 11.4 Å². The highest BCUT2D eigenvalue weighted by Crippen LogP contribution is 2.76. The summed E-state index contributed by atoms with van der Waals surface area (Å²) in [6.45, 7) is 0. The zero-order valence-electron chi connectivity index (χ0n) is 13.4. The van der Waals surface area contributed by atoms with Crippen LogP contribution in [0.2, 0.25) is 0 Å². The molecule has 0 heterocycles. The van der Waals surface area contributed by atoms with E-state index in [1.807, 2.05) is 0 Å². The Kier molecular flexibility index (Phi) is 3.96. The molecule has 2 atom stereocenters. The van der Waals surface area contributed by atoms with E-state index in [0.717, 1.165) is 24.3 Å². The number of nitro groups is 2. The molecule has 1 saturated carbocycles. The third-order valence-electron chi connectivity index (χ3n) is 4.64.